The van der Waals surface area contributed by atoms with E-state index in [1.807, 2.05) is 17.0 Å². The molecule has 1 aliphatic rings. The SMILES string of the molecule is CC(C)(C)c1ccc(-n2ncc3c(NC(=O)c4ccc([N+](=O)[O-])s4)nc(N4CCCC4CO)nc32)cc1. The number of amides is 1. The lowest BCUT2D eigenvalue weighted by Gasteiger charge is -2.23. The number of anilines is 2. The Hall–Kier alpha value is -3.90. The number of aliphatic hydroxyl groups excluding tert-OH is 1. The number of nitro groups is 1. The highest BCUT2D eigenvalue weighted by Crippen LogP contribution is 2.31. The fraction of sp³-hybridized carbons (Fsp3) is 0.360. The number of carbonyl (C=O) groups excluding carboxylic acids is 1. The third kappa shape index (κ3) is 4.77. The van der Waals surface area contributed by atoms with Gasteiger partial charge in [0.15, 0.2) is 5.65 Å². The number of benzene rings is 1. The van der Waals surface area contributed by atoms with Crippen molar-refractivity contribution in [2.45, 2.75) is 45.1 Å². The number of fused-ring (bicyclic) bond motifs is 1. The Morgan fingerprint density at radius 3 is 2.62 bits per heavy atom. The van der Waals surface area contributed by atoms with Crippen LogP contribution in [-0.2, 0) is 5.41 Å². The van der Waals surface area contributed by atoms with E-state index < -0.39 is 10.8 Å². The average molecular weight is 522 g/mol. The number of nitrogens with one attached hydrogen (secondary N) is 1. The summed E-state index contributed by atoms with van der Waals surface area (Å²) >= 11 is 0.794. The van der Waals surface area contributed by atoms with Gasteiger partial charge in [-0.15, -0.1) is 0 Å². The molecule has 1 aromatic carbocycles. The van der Waals surface area contributed by atoms with Gasteiger partial charge in [-0.25, -0.2) is 4.68 Å². The van der Waals surface area contributed by atoms with Gasteiger partial charge in [0.1, 0.15) is 5.82 Å². The first-order chi connectivity index (χ1) is 17.7. The molecule has 4 heterocycles. The lowest BCUT2D eigenvalue weighted by Crippen LogP contribution is -2.33. The van der Waals surface area contributed by atoms with Gasteiger partial charge in [0, 0.05) is 12.6 Å². The minimum atomic E-state index is -0.528. The molecule has 1 aliphatic heterocycles. The summed E-state index contributed by atoms with van der Waals surface area (Å²) in [5.74, 6) is 0.123. The van der Waals surface area contributed by atoms with E-state index in [1.54, 1.807) is 10.9 Å². The molecule has 0 radical (unpaired) electrons. The van der Waals surface area contributed by atoms with Crippen LogP contribution in [0.15, 0.2) is 42.6 Å². The topological polar surface area (TPSA) is 139 Å². The third-order valence-corrected chi connectivity index (χ3v) is 7.50. The Balaban J connectivity index is 1.58. The van der Waals surface area contributed by atoms with Gasteiger partial charge in [-0.05, 0) is 42.0 Å². The Morgan fingerprint density at radius 2 is 1.97 bits per heavy atom. The van der Waals surface area contributed by atoms with Crippen LogP contribution in [0.5, 0.6) is 0 Å². The van der Waals surface area contributed by atoms with Crippen molar-refractivity contribution in [1.29, 1.82) is 0 Å². The van der Waals surface area contributed by atoms with Gasteiger partial charge in [-0.1, -0.05) is 44.2 Å². The molecular formula is C25H27N7O4S. The van der Waals surface area contributed by atoms with E-state index in [0.717, 1.165) is 29.9 Å². The van der Waals surface area contributed by atoms with E-state index in [1.165, 1.54) is 17.7 Å². The van der Waals surface area contributed by atoms with E-state index in [9.17, 15) is 20.0 Å². The lowest BCUT2D eigenvalue weighted by atomic mass is 9.87. The van der Waals surface area contributed by atoms with E-state index in [0.29, 0.717) is 23.5 Å². The zero-order valence-electron chi connectivity index (χ0n) is 20.7. The van der Waals surface area contributed by atoms with Crippen LogP contribution in [0.2, 0.25) is 0 Å². The first-order valence-corrected chi connectivity index (χ1v) is 12.8. The summed E-state index contributed by atoms with van der Waals surface area (Å²) in [4.78, 5) is 35.1. The standard InChI is InChI=1S/C25H27N7O4S/c1-25(2,3)15-6-8-16(9-7-15)31-22-18(13-26-31)21(27-23(34)19-10-11-20(37-19)32(35)36)28-24(29-22)30-12-4-5-17(30)14-33/h6-11,13,17,33H,4-5,12,14H2,1-3H3,(H,27,28,29,34). The molecule has 0 spiro atoms. The minimum absolute atomic E-state index is 0.00340. The normalized spacial score (nSPS) is 15.9. The smallest absolute Gasteiger partial charge is 0.324 e. The third-order valence-electron chi connectivity index (χ3n) is 6.47. The number of thiophene rings is 1. The summed E-state index contributed by atoms with van der Waals surface area (Å²) < 4.78 is 1.70. The molecule has 0 saturated carbocycles. The molecule has 37 heavy (non-hydrogen) atoms. The molecule has 1 fully saturated rings. The predicted octanol–water partition coefficient (Wildman–Crippen LogP) is 4.30. The number of aliphatic hydroxyl groups is 1. The van der Waals surface area contributed by atoms with Crippen LogP contribution in [0.4, 0.5) is 16.8 Å². The monoisotopic (exact) mass is 521 g/mol. The number of carbonyl (C=O) groups is 1. The molecule has 11 nitrogen and oxygen atoms in total. The van der Waals surface area contributed by atoms with Gasteiger partial charge in [-0.2, -0.15) is 15.1 Å². The second-order valence-electron chi connectivity index (χ2n) is 9.98. The Morgan fingerprint density at radius 1 is 1.22 bits per heavy atom. The predicted molar refractivity (Wildman–Crippen MR) is 142 cm³/mol. The molecule has 2 N–H and O–H groups in total. The zero-order valence-corrected chi connectivity index (χ0v) is 21.5. The van der Waals surface area contributed by atoms with Crippen molar-refractivity contribution in [3.05, 3.63) is 63.1 Å². The highest BCUT2D eigenvalue weighted by Gasteiger charge is 2.28. The Kier molecular flexibility index (Phi) is 6.38. The molecule has 5 rings (SSSR count). The van der Waals surface area contributed by atoms with Gasteiger partial charge in [0.2, 0.25) is 5.95 Å². The molecule has 3 aromatic heterocycles. The number of hydrogen-bond donors (Lipinski definition) is 2. The molecule has 192 valence electrons. The van der Waals surface area contributed by atoms with Crippen molar-refractivity contribution in [3.8, 4) is 5.69 Å². The molecule has 1 atom stereocenters. The van der Waals surface area contributed by atoms with Gasteiger partial charge in [0.05, 0.1) is 39.7 Å². The fourth-order valence-electron chi connectivity index (χ4n) is 4.42. The molecule has 1 saturated heterocycles. The quantitative estimate of drug-likeness (QED) is 0.283. The summed E-state index contributed by atoms with van der Waals surface area (Å²) in [6.45, 7) is 7.09. The van der Waals surface area contributed by atoms with Gasteiger partial charge < -0.3 is 15.3 Å². The largest absolute Gasteiger partial charge is 0.394 e. The van der Waals surface area contributed by atoms with Crippen molar-refractivity contribution in [2.24, 2.45) is 0 Å². The Labute approximate surface area is 216 Å². The van der Waals surface area contributed by atoms with Crippen LogP contribution in [0, 0.1) is 10.1 Å². The van der Waals surface area contributed by atoms with Crippen LogP contribution in [0.25, 0.3) is 16.7 Å². The van der Waals surface area contributed by atoms with Crippen molar-refractivity contribution in [1.82, 2.24) is 19.7 Å². The highest BCUT2D eigenvalue weighted by molar-refractivity contribution is 7.17. The molecular weight excluding hydrogens is 494 g/mol. The molecule has 1 amide bonds. The van der Waals surface area contributed by atoms with Crippen LogP contribution >= 0.6 is 11.3 Å². The van der Waals surface area contributed by atoms with Crippen molar-refractivity contribution in [2.75, 3.05) is 23.4 Å². The number of nitrogens with zero attached hydrogens (tertiary/aromatic N) is 6. The van der Waals surface area contributed by atoms with Gasteiger partial charge >= 0.3 is 5.00 Å². The number of aromatic nitrogens is 4. The minimum Gasteiger partial charge on any atom is -0.394 e. The summed E-state index contributed by atoms with van der Waals surface area (Å²) in [6.07, 6.45) is 3.30. The molecule has 12 heteroatoms. The van der Waals surface area contributed by atoms with E-state index in [2.05, 4.69) is 48.3 Å². The molecule has 4 aromatic rings. The van der Waals surface area contributed by atoms with E-state index >= 15 is 0 Å². The second kappa shape index (κ2) is 9.52. The van der Waals surface area contributed by atoms with Crippen LogP contribution in [0.1, 0.15) is 48.8 Å². The first kappa shape index (κ1) is 24.8. The summed E-state index contributed by atoms with van der Waals surface area (Å²) in [5, 5.41) is 28.7. The number of hydrogen-bond acceptors (Lipinski definition) is 9. The maximum atomic E-state index is 13.0. The fourth-order valence-corrected chi connectivity index (χ4v) is 5.13. The molecule has 0 bridgehead atoms. The van der Waals surface area contributed by atoms with E-state index in [-0.39, 0.29) is 33.8 Å². The van der Waals surface area contributed by atoms with Gasteiger partial charge in [-0.3, -0.25) is 14.9 Å². The molecule has 0 aliphatic carbocycles. The van der Waals surface area contributed by atoms with Crippen LogP contribution < -0.4 is 10.2 Å². The van der Waals surface area contributed by atoms with Crippen molar-refractivity contribution >= 4 is 45.0 Å². The van der Waals surface area contributed by atoms with Crippen molar-refractivity contribution in [3.63, 3.8) is 0 Å². The average Bonchev–Trinajstić information content (AvgIpc) is 3.62. The van der Waals surface area contributed by atoms with Crippen molar-refractivity contribution < 1.29 is 14.8 Å². The van der Waals surface area contributed by atoms with Crippen LogP contribution in [0.3, 0.4) is 0 Å². The maximum Gasteiger partial charge on any atom is 0.324 e. The first-order valence-electron chi connectivity index (χ1n) is 12.0. The van der Waals surface area contributed by atoms with Crippen LogP contribution in [-0.4, -0.2) is 54.9 Å². The highest BCUT2D eigenvalue weighted by atomic mass is 32.1. The summed E-state index contributed by atoms with van der Waals surface area (Å²) in [6, 6.07) is 10.7. The maximum absolute atomic E-state index is 13.0. The van der Waals surface area contributed by atoms with E-state index in [4.69, 9.17) is 4.98 Å². The molecule has 1 unspecified atom stereocenters. The second-order valence-corrected chi connectivity index (χ2v) is 11.0. The lowest BCUT2D eigenvalue weighted by molar-refractivity contribution is -0.380. The van der Waals surface area contributed by atoms with Gasteiger partial charge in [0.25, 0.3) is 5.91 Å². The zero-order chi connectivity index (χ0) is 26.3. The summed E-state index contributed by atoms with van der Waals surface area (Å²) in [7, 11) is 0. The summed E-state index contributed by atoms with van der Waals surface area (Å²) in [5.41, 5.74) is 2.50. The number of rotatable bonds is 6. The Bertz CT molecular complexity index is 1470.